The number of aromatic nitrogens is 5. The van der Waals surface area contributed by atoms with Crippen LogP contribution in [0.25, 0.3) is 28.1 Å². The Hall–Kier alpha value is -3.03. The van der Waals surface area contributed by atoms with Crippen LogP contribution in [0.5, 0.6) is 0 Å². The van der Waals surface area contributed by atoms with Crippen LogP contribution < -0.4 is 5.56 Å². The molecule has 3 heterocycles. The largest absolute Gasteiger partial charge is 0.339 e. The fourth-order valence-corrected chi connectivity index (χ4v) is 4.32. The van der Waals surface area contributed by atoms with Crippen molar-refractivity contribution in [3.05, 3.63) is 46.6 Å². The first-order valence-corrected chi connectivity index (χ1v) is 10.1. The first kappa shape index (κ1) is 18.0. The smallest absolute Gasteiger partial charge is 0.278 e. The van der Waals surface area contributed by atoms with Crippen molar-refractivity contribution < 1.29 is 8.91 Å². The molecule has 7 nitrogen and oxygen atoms in total. The fraction of sp³-hybridized carbons (Fsp3) is 0.429. The number of nitrogens with zero attached hydrogens (tertiary/aromatic N) is 5. The van der Waals surface area contributed by atoms with Crippen molar-refractivity contribution in [2.45, 2.75) is 57.9 Å². The van der Waals surface area contributed by atoms with Crippen molar-refractivity contribution >= 4 is 16.6 Å². The summed E-state index contributed by atoms with van der Waals surface area (Å²) < 4.78 is 23.4. The highest BCUT2D eigenvalue weighted by molar-refractivity contribution is 5.84. The fourth-order valence-electron chi connectivity index (χ4n) is 4.32. The summed E-state index contributed by atoms with van der Waals surface area (Å²) in [6, 6.07) is 4.62. The lowest BCUT2D eigenvalue weighted by Crippen LogP contribution is -2.26. The maximum atomic E-state index is 14.7. The Labute approximate surface area is 166 Å². The second kappa shape index (κ2) is 6.79. The molecule has 0 saturated heterocycles. The summed E-state index contributed by atoms with van der Waals surface area (Å²) in [5.41, 5.74) is 1.26. The van der Waals surface area contributed by atoms with Crippen LogP contribution in [0.2, 0.25) is 0 Å². The molecule has 1 fully saturated rings. The molecule has 1 unspecified atom stereocenters. The lowest BCUT2D eigenvalue weighted by Gasteiger charge is -2.18. The van der Waals surface area contributed by atoms with E-state index in [9.17, 15) is 9.18 Å². The summed E-state index contributed by atoms with van der Waals surface area (Å²) in [5, 5.41) is 4.10. The Morgan fingerprint density at radius 1 is 1.28 bits per heavy atom. The van der Waals surface area contributed by atoms with Gasteiger partial charge in [0.25, 0.3) is 5.56 Å². The molecule has 0 aliphatic heterocycles. The summed E-state index contributed by atoms with van der Waals surface area (Å²) in [7, 11) is 0. The Balaban J connectivity index is 1.78. The van der Waals surface area contributed by atoms with E-state index in [4.69, 9.17) is 4.52 Å². The number of benzene rings is 1. The molecule has 1 saturated carbocycles. The number of halogens is 1. The minimum Gasteiger partial charge on any atom is -0.339 e. The highest BCUT2D eigenvalue weighted by Gasteiger charge is 2.26. The molecule has 0 bridgehead atoms. The van der Waals surface area contributed by atoms with E-state index in [-0.39, 0.29) is 23.0 Å². The Kier molecular flexibility index (Phi) is 4.22. The molecule has 29 heavy (non-hydrogen) atoms. The van der Waals surface area contributed by atoms with Gasteiger partial charge in [-0.15, -0.1) is 0 Å². The van der Waals surface area contributed by atoms with Crippen molar-refractivity contribution in [1.82, 2.24) is 24.1 Å². The highest BCUT2D eigenvalue weighted by atomic mass is 19.1. The summed E-state index contributed by atoms with van der Waals surface area (Å²) in [5.74, 6) is 0.752. The van der Waals surface area contributed by atoms with Gasteiger partial charge in [-0.25, -0.2) is 9.37 Å². The standard InChI is InChI=1S/C21H22FN5O2/c1-3-12(2)27-17-14(22)9-6-10-15(17)26-11-23-16(18(26)21(27)28)19-24-20(29-25-19)13-7-4-5-8-13/h6,9-13H,3-5,7-8H2,1-2H3. The van der Waals surface area contributed by atoms with Gasteiger partial charge in [-0.1, -0.05) is 31.0 Å². The topological polar surface area (TPSA) is 78.2 Å². The zero-order valence-electron chi connectivity index (χ0n) is 16.4. The molecule has 1 aliphatic rings. The second-order valence-corrected chi connectivity index (χ2v) is 7.79. The van der Waals surface area contributed by atoms with E-state index in [0.29, 0.717) is 34.9 Å². The zero-order chi connectivity index (χ0) is 20.1. The molecule has 150 valence electrons. The molecule has 1 atom stereocenters. The van der Waals surface area contributed by atoms with E-state index in [1.165, 1.54) is 17.0 Å². The molecule has 3 aromatic heterocycles. The predicted octanol–water partition coefficient (Wildman–Crippen LogP) is 4.47. The van der Waals surface area contributed by atoms with E-state index < -0.39 is 5.82 Å². The molecule has 4 aromatic rings. The first-order chi connectivity index (χ1) is 14.1. The number of para-hydroxylation sites is 1. The van der Waals surface area contributed by atoms with Gasteiger partial charge in [0.1, 0.15) is 28.9 Å². The maximum absolute atomic E-state index is 14.7. The molecule has 1 aromatic carbocycles. The van der Waals surface area contributed by atoms with Gasteiger partial charge in [0.2, 0.25) is 11.7 Å². The van der Waals surface area contributed by atoms with Crippen LogP contribution in [0.3, 0.4) is 0 Å². The van der Waals surface area contributed by atoms with Crippen LogP contribution in [0.1, 0.15) is 63.8 Å². The highest BCUT2D eigenvalue weighted by Crippen LogP contribution is 2.34. The molecule has 1 aliphatic carbocycles. The summed E-state index contributed by atoms with van der Waals surface area (Å²) in [6.45, 7) is 3.88. The minimum absolute atomic E-state index is 0.172. The van der Waals surface area contributed by atoms with E-state index >= 15 is 0 Å². The van der Waals surface area contributed by atoms with Gasteiger partial charge in [-0.2, -0.15) is 4.98 Å². The van der Waals surface area contributed by atoms with Crippen LogP contribution in [-0.2, 0) is 0 Å². The molecular weight excluding hydrogens is 373 g/mol. The minimum atomic E-state index is -0.430. The third-order valence-electron chi connectivity index (χ3n) is 6.04. The van der Waals surface area contributed by atoms with Gasteiger partial charge < -0.3 is 4.52 Å². The van der Waals surface area contributed by atoms with Crippen molar-refractivity contribution in [3.8, 4) is 11.5 Å². The average Bonchev–Trinajstić information content (AvgIpc) is 3.47. The van der Waals surface area contributed by atoms with Crippen LogP contribution >= 0.6 is 0 Å². The van der Waals surface area contributed by atoms with E-state index in [0.717, 1.165) is 25.7 Å². The van der Waals surface area contributed by atoms with Gasteiger partial charge in [-0.3, -0.25) is 13.8 Å². The van der Waals surface area contributed by atoms with Crippen molar-refractivity contribution in [1.29, 1.82) is 0 Å². The number of hydrogen-bond donors (Lipinski definition) is 0. The first-order valence-electron chi connectivity index (χ1n) is 10.1. The van der Waals surface area contributed by atoms with Crippen LogP contribution in [0, 0.1) is 5.82 Å². The SMILES string of the molecule is CCC(C)n1c(=O)c2c(-c3noc(C4CCCC4)n3)ncn2c2cccc(F)c21. The Morgan fingerprint density at radius 3 is 2.83 bits per heavy atom. The Bertz CT molecular complexity index is 1270. The van der Waals surface area contributed by atoms with Crippen molar-refractivity contribution in [2.24, 2.45) is 0 Å². The Morgan fingerprint density at radius 2 is 2.07 bits per heavy atom. The molecule has 5 rings (SSSR count). The van der Waals surface area contributed by atoms with E-state index in [2.05, 4.69) is 15.1 Å². The lowest BCUT2D eigenvalue weighted by atomic mass is 10.1. The molecule has 0 spiro atoms. The van der Waals surface area contributed by atoms with Crippen LogP contribution in [-0.4, -0.2) is 24.1 Å². The monoisotopic (exact) mass is 395 g/mol. The number of rotatable bonds is 4. The van der Waals surface area contributed by atoms with Gasteiger partial charge >= 0.3 is 0 Å². The molecule has 0 radical (unpaired) electrons. The zero-order valence-corrected chi connectivity index (χ0v) is 16.4. The normalized spacial score (nSPS) is 16.2. The van der Waals surface area contributed by atoms with E-state index in [1.807, 2.05) is 13.8 Å². The van der Waals surface area contributed by atoms with Crippen molar-refractivity contribution in [3.63, 3.8) is 0 Å². The van der Waals surface area contributed by atoms with Crippen LogP contribution in [0.15, 0.2) is 33.8 Å². The predicted molar refractivity (Wildman–Crippen MR) is 106 cm³/mol. The molecule has 0 N–H and O–H groups in total. The van der Waals surface area contributed by atoms with Gasteiger partial charge in [-0.05, 0) is 38.3 Å². The third kappa shape index (κ3) is 2.69. The van der Waals surface area contributed by atoms with E-state index in [1.54, 1.807) is 16.5 Å². The average molecular weight is 395 g/mol. The summed E-state index contributed by atoms with van der Waals surface area (Å²) in [4.78, 5) is 22.4. The number of hydrogen-bond acceptors (Lipinski definition) is 5. The quantitative estimate of drug-likeness (QED) is 0.510. The third-order valence-corrected chi connectivity index (χ3v) is 6.04. The van der Waals surface area contributed by atoms with Gasteiger partial charge in [0.05, 0.1) is 5.52 Å². The molecule has 8 heteroatoms. The maximum Gasteiger partial charge on any atom is 0.278 e. The van der Waals surface area contributed by atoms with Crippen LogP contribution in [0.4, 0.5) is 4.39 Å². The molecular formula is C21H22FN5O2. The number of fused-ring (bicyclic) bond motifs is 3. The summed E-state index contributed by atoms with van der Waals surface area (Å²) in [6.07, 6.45) is 6.62. The lowest BCUT2D eigenvalue weighted by molar-refractivity contribution is 0.354. The summed E-state index contributed by atoms with van der Waals surface area (Å²) >= 11 is 0. The van der Waals surface area contributed by atoms with Gasteiger partial charge in [0.15, 0.2) is 0 Å². The molecule has 0 amide bonds. The second-order valence-electron chi connectivity index (χ2n) is 7.79. The van der Waals surface area contributed by atoms with Gasteiger partial charge in [0, 0.05) is 12.0 Å². The number of imidazole rings is 1. The van der Waals surface area contributed by atoms with Crippen molar-refractivity contribution in [2.75, 3.05) is 0 Å².